The average molecular weight is 673 g/mol. The van der Waals surface area contributed by atoms with E-state index in [0.717, 1.165) is 28.1 Å². The summed E-state index contributed by atoms with van der Waals surface area (Å²) in [4.78, 5) is 10.4. The fraction of sp³-hybridized carbons (Fsp3) is 0.0204. The first-order valence-corrected chi connectivity index (χ1v) is 17.6. The Labute approximate surface area is 307 Å². The quantitative estimate of drug-likeness (QED) is 0.187. The molecule has 8 aromatic rings. The van der Waals surface area contributed by atoms with E-state index in [1.54, 1.807) is 0 Å². The fourth-order valence-corrected chi connectivity index (χ4v) is 8.49. The number of aromatic nitrogens is 2. The molecular weight excluding hydrogens is 645 g/mol. The van der Waals surface area contributed by atoms with Gasteiger partial charge in [-0.1, -0.05) is 133 Å². The van der Waals surface area contributed by atoms with E-state index in [4.69, 9.17) is 9.97 Å². The minimum atomic E-state index is -0.616. The monoisotopic (exact) mass is 672 g/mol. The molecule has 0 aliphatic heterocycles. The molecule has 0 saturated carbocycles. The number of hydrogen-bond donors (Lipinski definition) is 0. The van der Waals surface area contributed by atoms with Gasteiger partial charge in [0.05, 0.1) is 40.1 Å². The molecule has 0 amide bonds. The zero-order valence-electron chi connectivity index (χ0n) is 28.5. The van der Waals surface area contributed by atoms with Crippen LogP contribution >= 0.6 is 0 Å². The molecule has 0 saturated heterocycles. The Morgan fingerprint density at radius 2 is 0.736 bits per heavy atom. The van der Waals surface area contributed by atoms with Gasteiger partial charge in [-0.05, 0) is 92.0 Å². The molecule has 0 radical (unpaired) electrons. The highest BCUT2D eigenvalue weighted by Gasteiger charge is 2.49. The minimum absolute atomic E-state index is 0.587. The third-order valence-electron chi connectivity index (χ3n) is 10.8. The van der Waals surface area contributed by atoms with Gasteiger partial charge in [0.1, 0.15) is 0 Å². The van der Waals surface area contributed by atoms with E-state index < -0.39 is 5.41 Å². The van der Waals surface area contributed by atoms with Crippen LogP contribution < -0.4 is 0 Å². The molecular formula is C49H28N4. The van der Waals surface area contributed by atoms with Crippen molar-refractivity contribution in [3.8, 4) is 79.4 Å². The van der Waals surface area contributed by atoms with Crippen LogP contribution in [-0.4, -0.2) is 9.97 Å². The molecule has 4 heteroatoms. The maximum Gasteiger partial charge on any atom is 0.160 e. The molecule has 10 rings (SSSR count). The fourth-order valence-electron chi connectivity index (χ4n) is 8.49. The normalized spacial score (nSPS) is 12.6. The summed E-state index contributed by atoms with van der Waals surface area (Å²) in [6, 6.07) is 63.4. The van der Waals surface area contributed by atoms with Crippen molar-refractivity contribution < 1.29 is 0 Å². The first-order chi connectivity index (χ1) is 26.2. The minimum Gasteiger partial charge on any atom is -0.228 e. The molecule has 0 unspecified atom stereocenters. The van der Waals surface area contributed by atoms with E-state index in [1.165, 1.54) is 55.6 Å². The largest absolute Gasteiger partial charge is 0.228 e. The van der Waals surface area contributed by atoms with Crippen LogP contribution in [0.25, 0.3) is 67.3 Å². The summed E-state index contributed by atoms with van der Waals surface area (Å²) in [6.07, 6.45) is 0. The van der Waals surface area contributed by atoms with Crippen LogP contribution in [0.1, 0.15) is 33.4 Å². The van der Waals surface area contributed by atoms with E-state index in [9.17, 15) is 10.5 Å². The average Bonchev–Trinajstić information content (AvgIpc) is 3.48. The van der Waals surface area contributed by atoms with Crippen LogP contribution in [0.4, 0.5) is 0 Å². The number of hydrogen-bond acceptors (Lipinski definition) is 4. The Hall–Kier alpha value is -7.40. The lowest BCUT2D eigenvalue weighted by Crippen LogP contribution is -2.29. The molecule has 7 aromatic carbocycles. The Kier molecular flexibility index (Phi) is 6.80. The van der Waals surface area contributed by atoms with Crippen LogP contribution in [0.15, 0.2) is 170 Å². The third kappa shape index (κ3) is 4.53. The summed E-state index contributed by atoms with van der Waals surface area (Å²) in [5.74, 6) is 0.592. The highest BCUT2D eigenvalue weighted by Crippen LogP contribution is 2.61. The Bertz CT molecular complexity index is 2730. The molecule has 0 N–H and O–H groups in total. The van der Waals surface area contributed by atoms with E-state index >= 15 is 0 Å². The highest BCUT2D eigenvalue weighted by atomic mass is 14.9. The molecule has 0 bridgehead atoms. The van der Waals surface area contributed by atoms with Gasteiger partial charge in [-0.25, -0.2) is 9.97 Å². The van der Waals surface area contributed by atoms with Crippen molar-refractivity contribution in [3.63, 3.8) is 0 Å². The zero-order chi connectivity index (χ0) is 35.5. The smallest absolute Gasteiger partial charge is 0.160 e. The second kappa shape index (κ2) is 11.8. The van der Waals surface area contributed by atoms with Gasteiger partial charge >= 0.3 is 0 Å². The molecule has 2 aliphatic carbocycles. The molecule has 0 atom stereocenters. The Morgan fingerprint density at radius 1 is 0.358 bits per heavy atom. The predicted molar refractivity (Wildman–Crippen MR) is 210 cm³/mol. The van der Waals surface area contributed by atoms with Crippen molar-refractivity contribution in [1.29, 1.82) is 10.5 Å². The van der Waals surface area contributed by atoms with Crippen molar-refractivity contribution in [2.75, 3.05) is 0 Å². The molecule has 2 aliphatic rings. The lowest BCUT2D eigenvalue weighted by Gasteiger charge is -2.35. The van der Waals surface area contributed by atoms with Crippen LogP contribution in [0.3, 0.4) is 0 Å². The summed E-state index contributed by atoms with van der Waals surface area (Å²) >= 11 is 0. The summed E-state index contributed by atoms with van der Waals surface area (Å²) in [7, 11) is 0. The number of nitrogens with zero attached hydrogens (tertiary/aromatic N) is 4. The predicted octanol–water partition coefficient (Wildman–Crippen LogP) is 11.2. The molecule has 4 nitrogen and oxygen atoms in total. The van der Waals surface area contributed by atoms with Gasteiger partial charge in [0.15, 0.2) is 5.82 Å². The van der Waals surface area contributed by atoms with Gasteiger partial charge in [-0.2, -0.15) is 10.5 Å². The Morgan fingerprint density at radius 3 is 1.19 bits per heavy atom. The molecule has 53 heavy (non-hydrogen) atoms. The SMILES string of the molecule is N#Cc1ccc(-c2cc(-c3ccc(C#N)cc3)nc(-c3ccc4c(c3)C3(c5ccccc5-c5ccccc5-4)c4ccccc4-c4ccccc43)n2)cc1. The first-order valence-electron chi connectivity index (χ1n) is 17.6. The van der Waals surface area contributed by atoms with E-state index in [0.29, 0.717) is 17.0 Å². The molecule has 0 fully saturated rings. The number of rotatable bonds is 3. The van der Waals surface area contributed by atoms with Gasteiger partial charge in [-0.3, -0.25) is 0 Å². The van der Waals surface area contributed by atoms with Crippen LogP contribution in [-0.2, 0) is 5.41 Å². The van der Waals surface area contributed by atoms with Crippen molar-refractivity contribution in [2.45, 2.75) is 5.41 Å². The lowest BCUT2D eigenvalue weighted by atomic mass is 9.65. The first kappa shape index (κ1) is 30.4. The van der Waals surface area contributed by atoms with E-state index in [-0.39, 0.29) is 0 Å². The van der Waals surface area contributed by atoms with Gasteiger partial charge in [0.2, 0.25) is 0 Å². The standard InChI is InChI=1S/C49H28N4/c50-29-31-17-21-33(22-18-31)46-28-47(34-23-19-32(30-51)20-24-34)53-48(52-46)35-25-26-41-37-10-2-1-9-36(37)38-11-3-6-14-42(38)49(45(41)27-35)43-15-7-4-12-39(43)40-13-5-8-16-44(40)49/h1-28H. The summed E-state index contributed by atoms with van der Waals surface area (Å²) < 4.78 is 0. The number of nitriles is 2. The van der Waals surface area contributed by atoms with Crippen LogP contribution in [0, 0.1) is 22.7 Å². The van der Waals surface area contributed by atoms with Gasteiger partial charge < -0.3 is 0 Å². The lowest BCUT2D eigenvalue weighted by molar-refractivity contribution is 0.775. The van der Waals surface area contributed by atoms with Crippen molar-refractivity contribution in [1.82, 2.24) is 9.97 Å². The van der Waals surface area contributed by atoms with E-state index in [1.807, 2.05) is 54.6 Å². The van der Waals surface area contributed by atoms with Crippen LogP contribution in [0.5, 0.6) is 0 Å². The third-order valence-corrected chi connectivity index (χ3v) is 10.8. The maximum atomic E-state index is 9.48. The molecule has 1 spiro atoms. The van der Waals surface area contributed by atoms with Gasteiger partial charge in [0.25, 0.3) is 0 Å². The summed E-state index contributed by atoms with van der Waals surface area (Å²) in [5, 5.41) is 19.0. The number of benzene rings is 7. The van der Waals surface area contributed by atoms with Crippen LogP contribution in [0.2, 0.25) is 0 Å². The second-order valence-corrected chi connectivity index (χ2v) is 13.5. The highest BCUT2D eigenvalue weighted by molar-refractivity contribution is 5.97. The molecule has 1 heterocycles. The van der Waals surface area contributed by atoms with Crippen molar-refractivity contribution >= 4 is 0 Å². The van der Waals surface area contributed by atoms with Gasteiger partial charge in [-0.15, -0.1) is 0 Å². The summed E-state index contributed by atoms with van der Waals surface area (Å²) in [6.45, 7) is 0. The Balaban J connectivity index is 1.29. The van der Waals surface area contributed by atoms with Gasteiger partial charge in [0, 0.05) is 16.7 Å². The zero-order valence-corrected chi connectivity index (χ0v) is 28.5. The topological polar surface area (TPSA) is 73.4 Å². The van der Waals surface area contributed by atoms with Crippen molar-refractivity contribution in [2.24, 2.45) is 0 Å². The van der Waals surface area contributed by atoms with E-state index in [2.05, 4.69) is 127 Å². The summed E-state index contributed by atoms with van der Waals surface area (Å²) in [5.41, 5.74) is 16.9. The molecule has 244 valence electrons. The molecule has 1 aromatic heterocycles. The maximum absolute atomic E-state index is 9.48. The number of fused-ring (bicyclic) bond motifs is 12. The second-order valence-electron chi connectivity index (χ2n) is 13.5. The van der Waals surface area contributed by atoms with Crippen molar-refractivity contribution in [3.05, 3.63) is 203 Å².